The molecule has 1 unspecified atom stereocenters. The Balaban J connectivity index is 2.02. The summed E-state index contributed by atoms with van der Waals surface area (Å²) in [5.41, 5.74) is 2.51. The van der Waals surface area contributed by atoms with Crippen LogP contribution in [-0.2, 0) is 6.42 Å². The van der Waals surface area contributed by atoms with Crippen LogP contribution in [0.4, 0.5) is 0 Å². The third kappa shape index (κ3) is 4.11. The van der Waals surface area contributed by atoms with Crippen LogP contribution < -0.4 is 0 Å². The minimum Gasteiger partial charge on any atom is -0.508 e. The highest BCUT2D eigenvalue weighted by Gasteiger charge is 2.11. The van der Waals surface area contributed by atoms with Gasteiger partial charge >= 0.3 is 0 Å². The first-order chi connectivity index (χ1) is 9.29. The second kappa shape index (κ2) is 6.95. The Kier molecular flexibility index (Phi) is 4.99. The van der Waals surface area contributed by atoms with E-state index in [4.69, 9.17) is 0 Å². The third-order valence-corrected chi connectivity index (χ3v) is 3.47. The summed E-state index contributed by atoms with van der Waals surface area (Å²) in [4.78, 5) is 0. The molecule has 2 heteroatoms. The molecule has 19 heavy (non-hydrogen) atoms. The Bertz CT molecular complexity index is 476. The van der Waals surface area contributed by atoms with Crippen LogP contribution in [0.1, 0.15) is 29.9 Å². The van der Waals surface area contributed by atoms with Crippen LogP contribution in [0.5, 0.6) is 5.75 Å². The normalized spacial score (nSPS) is 12.3. The molecule has 2 N–H and O–H groups in total. The lowest BCUT2D eigenvalue weighted by Crippen LogP contribution is -2.03. The van der Waals surface area contributed by atoms with E-state index in [1.54, 1.807) is 12.1 Å². The monoisotopic (exact) mass is 256 g/mol. The number of rotatable bonds is 6. The van der Waals surface area contributed by atoms with Crippen LogP contribution in [0.25, 0.3) is 0 Å². The van der Waals surface area contributed by atoms with Crippen LogP contribution in [0.2, 0.25) is 0 Å². The molecule has 0 saturated carbocycles. The van der Waals surface area contributed by atoms with Crippen LogP contribution in [-0.4, -0.2) is 16.8 Å². The molecule has 100 valence electrons. The highest BCUT2D eigenvalue weighted by atomic mass is 16.3. The molecule has 0 heterocycles. The highest BCUT2D eigenvalue weighted by molar-refractivity contribution is 5.28. The summed E-state index contributed by atoms with van der Waals surface area (Å²) in [6.07, 6.45) is 2.78. The number of aliphatic hydroxyl groups is 1. The summed E-state index contributed by atoms with van der Waals surface area (Å²) in [5.74, 6) is 0.625. The van der Waals surface area contributed by atoms with Gasteiger partial charge in [0.15, 0.2) is 0 Å². The number of aryl methyl sites for hydroxylation is 1. The number of phenolic OH excluding ortho intramolecular Hbond substituents is 1. The van der Waals surface area contributed by atoms with Crippen LogP contribution in [0.15, 0.2) is 54.6 Å². The van der Waals surface area contributed by atoms with Gasteiger partial charge in [0.05, 0.1) is 0 Å². The van der Waals surface area contributed by atoms with Crippen molar-refractivity contribution < 1.29 is 10.2 Å². The first-order valence-corrected chi connectivity index (χ1v) is 6.73. The van der Waals surface area contributed by atoms with Gasteiger partial charge in [-0.15, -0.1) is 0 Å². The zero-order chi connectivity index (χ0) is 13.5. The topological polar surface area (TPSA) is 40.5 Å². The predicted molar refractivity (Wildman–Crippen MR) is 77.3 cm³/mol. The van der Waals surface area contributed by atoms with Crippen molar-refractivity contribution in [3.63, 3.8) is 0 Å². The van der Waals surface area contributed by atoms with E-state index < -0.39 is 0 Å². The van der Waals surface area contributed by atoms with Gasteiger partial charge in [-0.05, 0) is 48.4 Å². The van der Waals surface area contributed by atoms with Crippen molar-refractivity contribution >= 4 is 0 Å². The summed E-state index contributed by atoms with van der Waals surface area (Å²) in [6.45, 7) is 0.195. The van der Waals surface area contributed by atoms with E-state index >= 15 is 0 Å². The summed E-state index contributed by atoms with van der Waals surface area (Å²) in [5, 5.41) is 18.5. The number of benzene rings is 2. The van der Waals surface area contributed by atoms with Gasteiger partial charge in [-0.2, -0.15) is 0 Å². The van der Waals surface area contributed by atoms with Crippen LogP contribution in [0.3, 0.4) is 0 Å². The van der Waals surface area contributed by atoms with Crippen LogP contribution >= 0.6 is 0 Å². The maximum absolute atomic E-state index is 9.33. The van der Waals surface area contributed by atoms with E-state index in [-0.39, 0.29) is 12.4 Å². The van der Waals surface area contributed by atoms with Gasteiger partial charge < -0.3 is 10.2 Å². The lowest BCUT2D eigenvalue weighted by molar-refractivity contribution is 0.272. The third-order valence-electron chi connectivity index (χ3n) is 3.47. The van der Waals surface area contributed by atoms with Crippen molar-refractivity contribution in [1.29, 1.82) is 0 Å². The van der Waals surface area contributed by atoms with Gasteiger partial charge in [-0.25, -0.2) is 0 Å². The zero-order valence-corrected chi connectivity index (χ0v) is 11.0. The molecule has 0 spiro atoms. The molecular formula is C17H20O2. The van der Waals surface area contributed by atoms with Gasteiger partial charge in [-0.3, -0.25) is 0 Å². The summed E-state index contributed by atoms with van der Waals surface area (Å²) in [7, 11) is 0. The number of aromatic hydroxyl groups is 1. The first-order valence-electron chi connectivity index (χ1n) is 6.73. The van der Waals surface area contributed by atoms with Crippen LogP contribution in [0, 0.1) is 0 Å². The molecule has 0 amide bonds. The van der Waals surface area contributed by atoms with E-state index in [0.29, 0.717) is 5.92 Å². The van der Waals surface area contributed by atoms with Gasteiger partial charge in [0.1, 0.15) is 5.75 Å². The highest BCUT2D eigenvalue weighted by Crippen LogP contribution is 2.26. The Labute approximate surface area is 114 Å². The zero-order valence-electron chi connectivity index (χ0n) is 11.0. The molecule has 0 fully saturated rings. The van der Waals surface area contributed by atoms with Gasteiger partial charge in [0.2, 0.25) is 0 Å². The second-order valence-electron chi connectivity index (χ2n) is 4.83. The summed E-state index contributed by atoms with van der Waals surface area (Å²) in [6, 6.07) is 17.7. The maximum Gasteiger partial charge on any atom is 0.115 e. The van der Waals surface area contributed by atoms with Crippen molar-refractivity contribution in [2.24, 2.45) is 0 Å². The first kappa shape index (κ1) is 13.6. The number of hydrogen-bond acceptors (Lipinski definition) is 2. The van der Waals surface area contributed by atoms with E-state index in [1.165, 1.54) is 11.1 Å². The Morgan fingerprint density at radius 2 is 1.53 bits per heavy atom. The standard InChI is InChI=1S/C17H20O2/c18-13-12-16(15-8-10-17(19)11-9-15)7-6-14-4-2-1-3-5-14/h1-5,8-11,16,18-19H,6-7,12-13H2. The minimum absolute atomic E-state index is 0.195. The van der Waals surface area contributed by atoms with E-state index in [1.807, 2.05) is 18.2 Å². The van der Waals surface area contributed by atoms with E-state index in [2.05, 4.69) is 24.3 Å². The Hall–Kier alpha value is -1.80. The fourth-order valence-corrected chi connectivity index (χ4v) is 2.37. The fourth-order valence-electron chi connectivity index (χ4n) is 2.37. The fraction of sp³-hybridized carbons (Fsp3) is 0.294. The maximum atomic E-state index is 9.33. The average Bonchev–Trinajstić information content (AvgIpc) is 2.46. The van der Waals surface area contributed by atoms with Crippen molar-refractivity contribution in [2.75, 3.05) is 6.61 Å². The van der Waals surface area contributed by atoms with Gasteiger partial charge in [0.25, 0.3) is 0 Å². The number of aliphatic hydroxyl groups excluding tert-OH is 1. The molecule has 0 aromatic heterocycles. The van der Waals surface area contributed by atoms with Crippen molar-refractivity contribution in [2.45, 2.75) is 25.2 Å². The van der Waals surface area contributed by atoms with Crippen molar-refractivity contribution in [1.82, 2.24) is 0 Å². The summed E-state index contributed by atoms with van der Waals surface area (Å²) < 4.78 is 0. The summed E-state index contributed by atoms with van der Waals surface area (Å²) >= 11 is 0. The van der Waals surface area contributed by atoms with Crippen molar-refractivity contribution in [3.05, 3.63) is 65.7 Å². The van der Waals surface area contributed by atoms with Gasteiger partial charge in [0, 0.05) is 6.61 Å². The largest absolute Gasteiger partial charge is 0.508 e. The van der Waals surface area contributed by atoms with Crippen molar-refractivity contribution in [3.8, 4) is 5.75 Å². The lowest BCUT2D eigenvalue weighted by atomic mass is 9.90. The van der Waals surface area contributed by atoms with E-state index in [0.717, 1.165) is 19.3 Å². The molecule has 0 aliphatic heterocycles. The molecule has 2 nitrogen and oxygen atoms in total. The Morgan fingerprint density at radius 3 is 2.16 bits per heavy atom. The molecular weight excluding hydrogens is 236 g/mol. The molecule has 0 bridgehead atoms. The number of hydrogen-bond donors (Lipinski definition) is 2. The molecule has 2 rings (SSSR count). The average molecular weight is 256 g/mol. The molecule has 0 aliphatic rings. The SMILES string of the molecule is OCCC(CCc1ccccc1)c1ccc(O)cc1. The molecule has 0 saturated heterocycles. The molecule has 1 atom stereocenters. The number of phenols is 1. The molecule has 0 radical (unpaired) electrons. The predicted octanol–water partition coefficient (Wildman–Crippen LogP) is 3.49. The molecule has 2 aromatic rings. The molecule has 2 aromatic carbocycles. The lowest BCUT2D eigenvalue weighted by Gasteiger charge is -2.16. The Morgan fingerprint density at radius 1 is 0.842 bits per heavy atom. The quantitative estimate of drug-likeness (QED) is 0.830. The smallest absolute Gasteiger partial charge is 0.115 e. The van der Waals surface area contributed by atoms with Gasteiger partial charge in [-0.1, -0.05) is 42.5 Å². The minimum atomic E-state index is 0.195. The van der Waals surface area contributed by atoms with E-state index in [9.17, 15) is 10.2 Å². The molecule has 0 aliphatic carbocycles. The second-order valence-corrected chi connectivity index (χ2v) is 4.83.